The molecule has 150 valence electrons. The van der Waals surface area contributed by atoms with Crippen LogP contribution in [0.15, 0.2) is 24.3 Å². The van der Waals surface area contributed by atoms with Crippen molar-refractivity contribution < 1.29 is 19.1 Å². The summed E-state index contributed by atoms with van der Waals surface area (Å²) >= 11 is 0. The van der Waals surface area contributed by atoms with Gasteiger partial charge in [-0.3, -0.25) is 14.4 Å². The van der Waals surface area contributed by atoms with Gasteiger partial charge in [0.05, 0.1) is 13.0 Å². The Hall–Kier alpha value is -2.57. The zero-order chi connectivity index (χ0) is 19.7. The number of ether oxygens (including phenoxy) is 1. The van der Waals surface area contributed by atoms with Crippen LogP contribution in [-0.2, 0) is 14.4 Å². The summed E-state index contributed by atoms with van der Waals surface area (Å²) in [6, 6.07) is 7.69. The minimum Gasteiger partial charge on any atom is -0.497 e. The Morgan fingerprint density at radius 1 is 1.04 bits per heavy atom. The molecule has 1 aliphatic carbocycles. The standard InChI is InChI=1S/C21H27N3O4/c1-28-18-6-4-17(5-7-18)24-13-15(12-19(24)25)21(27)23-10-8-14(9-11-23)20(26)22-16-2-3-16/h4-7,14-16H,2-3,8-13H2,1H3,(H,22,26)/t15-/m0/s1. The van der Waals surface area contributed by atoms with Crippen LogP contribution in [0.5, 0.6) is 5.75 Å². The highest BCUT2D eigenvalue weighted by atomic mass is 16.5. The molecule has 4 rings (SSSR count). The van der Waals surface area contributed by atoms with Crippen molar-refractivity contribution in [3.63, 3.8) is 0 Å². The van der Waals surface area contributed by atoms with Gasteiger partial charge in [0.2, 0.25) is 17.7 Å². The van der Waals surface area contributed by atoms with E-state index in [2.05, 4.69) is 5.32 Å². The van der Waals surface area contributed by atoms with E-state index < -0.39 is 0 Å². The SMILES string of the molecule is COc1ccc(N2C[C@@H](C(=O)N3CCC(C(=O)NC4CC4)CC3)CC2=O)cc1. The third kappa shape index (κ3) is 3.98. The first kappa shape index (κ1) is 18.8. The molecule has 1 N–H and O–H groups in total. The number of anilines is 1. The number of nitrogens with zero attached hydrogens (tertiary/aromatic N) is 2. The lowest BCUT2D eigenvalue weighted by atomic mass is 9.94. The van der Waals surface area contributed by atoms with Crippen molar-refractivity contribution in [3.05, 3.63) is 24.3 Å². The van der Waals surface area contributed by atoms with Crippen LogP contribution in [0.3, 0.4) is 0 Å². The zero-order valence-electron chi connectivity index (χ0n) is 16.2. The number of carbonyl (C=O) groups excluding carboxylic acids is 3. The summed E-state index contributed by atoms with van der Waals surface area (Å²) in [6.45, 7) is 1.59. The molecule has 3 amide bonds. The summed E-state index contributed by atoms with van der Waals surface area (Å²) in [6.07, 6.45) is 3.82. The van der Waals surface area contributed by atoms with Crippen molar-refractivity contribution in [2.24, 2.45) is 11.8 Å². The molecule has 28 heavy (non-hydrogen) atoms. The fourth-order valence-corrected chi connectivity index (χ4v) is 4.05. The second kappa shape index (κ2) is 7.81. The minimum atomic E-state index is -0.313. The van der Waals surface area contributed by atoms with Crippen LogP contribution < -0.4 is 15.0 Å². The Bertz CT molecular complexity index is 751. The van der Waals surface area contributed by atoms with Crippen LogP contribution in [0, 0.1) is 11.8 Å². The van der Waals surface area contributed by atoms with Crippen LogP contribution in [0.4, 0.5) is 5.69 Å². The molecule has 1 atom stereocenters. The van der Waals surface area contributed by atoms with E-state index in [1.54, 1.807) is 12.0 Å². The quantitative estimate of drug-likeness (QED) is 0.834. The van der Waals surface area contributed by atoms with Crippen molar-refractivity contribution in [2.45, 2.75) is 38.1 Å². The maximum atomic E-state index is 12.9. The lowest BCUT2D eigenvalue weighted by molar-refractivity contribution is -0.139. The van der Waals surface area contributed by atoms with Crippen LogP contribution in [-0.4, -0.2) is 55.4 Å². The molecule has 7 heteroatoms. The zero-order valence-corrected chi connectivity index (χ0v) is 16.2. The van der Waals surface area contributed by atoms with Gasteiger partial charge in [-0.25, -0.2) is 0 Å². The lowest BCUT2D eigenvalue weighted by Crippen LogP contribution is -2.45. The number of amides is 3. The number of likely N-dealkylation sites (tertiary alicyclic amines) is 1. The van der Waals surface area contributed by atoms with E-state index in [-0.39, 0.29) is 36.0 Å². The van der Waals surface area contributed by atoms with Crippen LogP contribution in [0.2, 0.25) is 0 Å². The lowest BCUT2D eigenvalue weighted by Gasteiger charge is -2.33. The van der Waals surface area contributed by atoms with E-state index in [1.807, 2.05) is 29.2 Å². The van der Waals surface area contributed by atoms with Gasteiger partial charge < -0.3 is 19.9 Å². The molecule has 0 radical (unpaired) electrons. The second-order valence-electron chi connectivity index (χ2n) is 7.99. The van der Waals surface area contributed by atoms with E-state index in [9.17, 15) is 14.4 Å². The normalized spacial score (nSPS) is 23.0. The minimum absolute atomic E-state index is 0.00524. The molecule has 1 aromatic rings. The van der Waals surface area contributed by atoms with Crippen molar-refractivity contribution >= 4 is 23.4 Å². The molecule has 2 saturated heterocycles. The molecule has 1 aromatic carbocycles. The Labute approximate surface area is 165 Å². The monoisotopic (exact) mass is 385 g/mol. The average molecular weight is 385 g/mol. The molecule has 1 saturated carbocycles. The van der Waals surface area contributed by atoms with Crippen LogP contribution in [0.1, 0.15) is 32.1 Å². The first-order valence-electron chi connectivity index (χ1n) is 10.1. The van der Waals surface area contributed by atoms with Gasteiger partial charge in [0.25, 0.3) is 0 Å². The van der Waals surface area contributed by atoms with Gasteiger partial charge in [0.15, 0.2) is 0 Å². The highest BCUT2D eigenvalue weighted by molar-refractivity contribution is 6.00. The fourth-order valence-electron chi connectivity index (χ4n) is 4.05. The molecule has 0 unspecified atom stereocenters. The van der Waals surface area contributed by atoms with E-state index in [0.717, 1.165) is 24.3 Å². The fraction of sp³-hybridized carbons (Fsp3) is 0.571. The summed E-state index contributed by atoms with van der Waals surface area (Å²) in [4.78, 5) is 41.1. The Balaban J connectivity index is 1.31. The van der Waals surface area contributed by atoms with Crippen LogP contribution >= 0.6 is 0 Å². The molecule has 0 bridgehead atoms. The number of carbonyl (C=O) groups is 3. The highest BCUT2D eigenvalue weighted by Crippen LogP contribution is 2.29. The van der Waals surface area contributed by atoms with Gasteiger partial charge in [-0.05, 0) is 49.9 Å². The van der Waals surface area contributed by atoms with Crippen molar-refractivity contribution in [2.75, 3.05) is 31.6 Å². The topological polar surface area (TPSA) is 79.0 Å². The van der Waals surface area contributed by atoms with Gasteiger partial charge in [-0.2, -0.15) is 0 Å². The first-order chi connectivity index (χ1) is 13.5. The van der Waals surface area contributed by atoms with E-state index in [0.29, 0.717) is 38.5 Å². The van der Waals surface area contributed by atoms with Gasteiger partial charge >= 0.3 is 0 Å². The molecule has 2 aliphatic heterocycles. The second-order valence-corrected chi connectivity index (χ2v) is 7.99. The smallest absolute Gasteiger partial charge is 0.228 e. The summed E-state index contributed by atoms with van der Waals surface area (Å²) in [5.74, 6) is 0.567. The van der Waals surface area contributed by atoms with E-state index >= 15 is 0 Å². The van der Waals surface area contributed by atoms with Crippen molar-refractivity contribution in [1.29, 1.82) is 0 Å². The summed E-state index contributed by atoms with van der Waals surface area (Å²) < 4.78 is 5.15. The number of nitrogens with one attached hydrogen (secondary N) is 1. The number of hydrogen-bond donors (Lipinski definition) is 1. The Morgan fingerprint density at radius 3 is 2.32 bits per heavy atom. The third-order valence-corrected chi connectivity index (χ3v) is 5.96. The maximum Gasteiger partial charge on any atom is 0.228 e. The summed E-state index contributed by atoms with van der Waals surface area (Å²) in [7, 11) is 1.60. The van der Waals surface area contributed by atoms with Crippen LogP contribution in [0.25, 0.3) is 0 Å². The van der Waals surface area contributed by atoms with E-state index in [1.165, 1.54) is 0 Å². The molecular weight excluding hydrogens is 358 g/mol. The summed E-state index contributed by atoms with van der Waals surface area (Å²) in [5, 5.41) is 3.06. The molecule has 3 fully saturated rings. The third-order valence-electron chi connectivity index (χ3n) is 5.96. The first-order valence-corrected chi connectivity index (χ1v) is 10.1. The van der Waals surface area contributed by atoms with Crippen molar-refractivity contribution in [3.8, 4) is 5.75 Å². The van der Waals surface area contributed by atoms with Crippen molar-refractivity contribution in [1.82, 2.24) is 10.2 Å². The Morgan fingerprint density at radius 2 is 1.71 bits per heavy atom. The van der Waals surface area contributed by atoms with Gasteiger partial charge in [-0.1, -0.05) is 0 Å². The molecule has 0 aromatic heterocycles. The maximum absolute atomic E-state index is 12.9. The number of rotatable bonds is 5. The molecular formula is C21H27N3O4. The number of benzene rings is 1. The molecule has 0 spiro atoms. The number of piperidine rings is 1. The largest absolute Gasteiger partial charge is 0.497 e. The average Bonchev–Trinajstić information content (AvgIpc) is 3.46. The number of methoxy groups -OCH3 is 1. The van der Waals surface area contributed by atoms with Gasteiger partial charge in [0, 0.05) is 43.7 Å². The Kier molecular flexibility index (Phi) is 5.24. The highest BCUT2D eigenvalue weighted by Gasteiger charge is 2.39. The van der Waals surface area contributed by atoms with Gasteiger partial charge in [0.1, 0.15) is 5.75 Å². The van der Waals surface area contributed by atoms with Gasteiger partial charge in [-0.15, -0.1) is 0 Å². The molecule has 3 aliphatic rings. The molecule has 2 heterocycles. The molecule has 7 nitrogen and oxygen atoms in total. The number of hydrogen-bond acceptors (Lipinski definition) is 4. The summed E-state index contributed by atoms with van der Waals surface area (Å²) in [5.41, 5.74) is 0.788. The van der Waals surface area contributed by atoms with E-state index in [4.69, 9.17) is 4.74 Å². The predicted molar refractivity (Wildman–Crippen MR) is 104 cm³/mol. The predicted octanol–water partition coefficient (Wildman–Crippen LogP) is 1.57.